The maximum absolute atomic E-state index is 6.94. The lowest BCUT2D eigenvalue weighted by Gasteiger charge is -2.33. The zero-order valence-corrected chi connectivity index (χ0v) is 31.8. The lowest BCUT2D eigenvalue weighted by Crippen LogP contribution is -2.53. The Balaban J connectivity index is 0.861. The summed E-state index contributed by atoms with van der Waals surface area (Å²) in [6.45, 7) is -0.278. The van der Waals surface area contributed by atoms with Crippen molar-refractivity contribution in [3.05, 3.63) is 200 Å². The molecule has 2 aliphatic heterocycles. The van der Waals surface area contributed by atoms with Crippen LogP contribution in [-0.2, 0) is 0 Å². The molecule has 9 aromatic carbocycles. The summed E-state index contributed by atoms with van der Waals surface area (Å²) < 4.78 is 18.5. The van der Waals surface area contributed by atoms with E-state index in [1.165, 1.54) is 43.6 Å². The first-order valence-electron chi connectivity index (χ1n) is 20.2. The van der Waals surface area contributed by atoms with Crippen LogP contribution >= 0.6 is 0 Å². The number of rotatable bonds is 4. The Hall–Kier alpha value is -7.76. The van der Waals surface area contributed by atoms with E-state index in [0.717, 1.165) is 72.9 Å². The van der Waals surface area contributed by atoms with Crippen LogP contribution in [0.15, 0.2) is 200 Å². The van der Waals surface area contributed by atoms with Gasteiger partial charge in [-0.1, -0.05) is 127 Å². The molecule has 4 heterocycles. The zero-order chi connectivity index (χ0) is 38.6. The third-order valence-electron chi connectivity index (χ3n) is 12.4. The van der Waals surface area contributed by atoms with Gasteiger partial charge in [-0.3, -0.25) is 0 Å². The van der Waals surface area contributed by atoms with Crippen molar-refractivity contribution >= 4 is 61.5 Å². The van der Waals surface area contributed by atoms with Crippen molar-refractivity contribution < 1.29 is 9.39 Å². The van der Waals surface area contributed by atoms with E-state index in [1.54, 1.807) is 0 Å². The fraction of sp³-hybridized carbons (Fsp3) is 0. The number of nitrogens with zero attached hydrogens (tertiary/aromatic N) is 2. The van der Waals surface area contributed by atoms with Gasteiger partial charge in [0.25, 0.3) is 0 Å². The Morgan fingerprint density at radius 1 is 0.339 bits per heavy atom. The van der Waals surface area contributed by atoms with Crippen LogP contribution in [0.1, 0.15) is 0 Å². The Morgan fingerprint density at radius 2 is 0.831 bits per heavy atom. The van der Waals surface area contributed by atoms with Gasteiger partial charge in [0.2, 0.25) is 0 Å². The van der Waals surface area contributed by atoms with E-state index in [9.17, 15) is 0 Å². The van der Waals surface area contributed by atoms with Crippen molar-refractivity contribution in [1.82, 2.24) is 9.13 Å². The molecule has 0 bridgehead atoms. The first-order valence-corrected chi connectivity index (χ1v) is 20.2. The van der Waals surface area contributed by atoms with Crippen LogP contribution < -0.4 is 20.3 Å². The van der Waals surface area contributed by atoms with Gasteiger partial charge in [0, 0.05) is 49.4 Å². The Morgan fingerprint density at radius 3 is 1.41 bits per heavy atom. The predicted octanol–water partition coefficient (Wildman–Crippen LogP) is 12.5. The normalized spacial score (nSPS) is 12.6. The molecule has 4 nitrogen and oxygen atoms in total. The average molecular weight is 753 g/mol. The van der Waals surface area contributed by atoms with Gasteiger partial charge in [-0.2, -0.15) is 0 Å². The second-order valence-electron chi connectivity index (χ2n) is 15.6. The molecular formula is C54H33BN2O2. The zero-order valence-electron chi connectivity index (χ0n) is 31.8. The van der Waals surface area contributed by atoms with E-state index in [2.05, 4.69) is 209 Å². The third-order valence-corrected chi connectivity index (χ3v) is 12.4. The summed E-state index contributed by atoms with van der Waals surface area (Å²) in [6.07, 6.45) is 0. The van der Waals surface area contributed by atoms with Crippen LogP contribution in [0.25, 0.3) is 88.4 Å². The molecule has 0 spiro atoms. The minimum absolute atomic E-state index is 0.278. The molecule has 0 saturated carbocycles. The van der Waals surface area contributed by atoms with Crippen LogP contribution in [0.2, 0.25) is 0 Å². The number of hydrogen-bond donors (Lipinski definition) is 0. The van der Waals surface area contributed by atoms with Crippen molar-refractivity contribution in [1.29, 1.82) is 0 Å². The molecule has 59 heavy (non-hydrogen) atoms. The van der Waals surface area contributed by atoms with Gasteiger partial charge in [-0.05, 0) is 101 Å². The maximum Gasteiger partial charge on any atom is 0.434 e. The largest absolute Gasteiger partial charge is 0.551 e. The maximum atomic E-state index is 6.94. The van der Waals surface area contributed by atoms with Gasteiger partial charge in [-0.15, -0.1) is 0 Å². The summed E-state index contributed by atoms with van der Waals surface area (Å²) in [5.41, 5.74) is 15.9. The smallest absolute Gasteiger partial charge is 0.434 e. The van der Waals surface area contributed by atoms with E-state index >= 15 is 0 Å². The number of fused-ring (bicyclic) bond motifs is 10. The standard InChI is InChI=1S/C54H33BN2O2/c1-5-21-47-40(16-1)41-17-2-6-22-48(41)56(47)38-14-9-12-34(30-38)36-27-29-51-45(32-36)44-20-11-25-52-54(44)55(59-51)46-28-26-37(33-53(46)58-52)35-13-10-15-39(31-35)57-49-23-7-3-18-42(49)43-19-4-8-24-50(43)57/h1-33H. The van der Waals surface area contributed by atoms with E-state index in [-0.39, 0.29) is 6.92 Å². The Bertz CT molecular complexity index is 3430. The topological polar surface area (TPSA) is 28.3 Å². The Labute approximate surface area is 340 Å². The summed E-state index contributed by atoms with van der Waals surface area (Å²) >= 11 is 0. The number of para-hydroxylation sites is 4. The molecule has 0 N–H and O–H groups in total. The minimum Gasteiger partial charge on any atom is -0.551 e. The molecule has 0 fully saturated rings. The van der Waals surface area contributed by atoms with Gasteiger partial charge in [0.1, 0.15) is 17.2 Å². The molecule has 274 valence electrons. The minimum atomic E-state index is -0.278. The monoisotopic (exact) mass is 752 g/mol. The molecule has 2 aliphatic rings. The fourth-order valence-electron chi connectivity index (χ4n) is 9.75. The Kier molecular flexibility index (Phi) is 6.78. The first kappa shape index (κ1) is 32.3. The molecule has 11 aromatic rings. The second-order valence-corrected chi connectivity index (χ2v) is 15.6. The van der Waals surface area contributed by atoms with E-state index in [0.29, 0.717) is 0 Å². The average Bonchev–Trinajstić information content (AvgIpc) is 3.82. The van der Waals surface area contributed by atoms with Crippen LogP contribution in [0, 0.1) is 0 Å². The van der Waals surface area contributed by atoms with Crippen molar-refractivity contribution in [2.75, 3.05) is 0 Å². The highest BCUT2D eigenvalue weighted by Crippen LogP contribution is 2.42. The molecule has 0 atom stereocenters. The van der Waals surface area contributed by atoms with Crippen LogP contribution in [0.5, 0.6) is 17.2 Å². The number of ether oxygens (including phenoxy) is 1. The van der Waals surface area contributed by atoms with E-state index < -0.39 is 0 Å². The summed E-state index contributed by atoms with van der Waals surface area (Å²) in [4.78, 5) is 0. The molecule has 0 aliphatic carbocycles. The van der Waals surface area contributed by atoms with Gasteiger partial charge >= 0.3 is 6.92 Å². The van der Waals surface area contributed by atoms with Gasteiger partial charge in [0.05, 0.1) is 22.1 Å². The van der Waals surface area contributed by atoms with Crippen LogP contribution in [-0.4, -0.2) is 16.0 Å². The van der Waals surface area contributed by atoms with Crippen molar-refractivity contribution in [2.45, 2.75) is 0 Å². The van der Waals surface area contributed by atoms with E-state index in [4.69, 9.17) is 9.39 Å². The lowest BCUT2D eigenvalue weighted by atomic mass is 9.51. The molecule has 0 saturated heterocycles. The number of benzene rings is 9. The summed E-state index contributed by atoms with van der Waals surface area (Å²) in [7, 11) is 0. The van der Waals surface area contributed by atoms with Crippen molar-refractivity contribution in [3.63, 3.8) is 0 Å². The SMILES string of the molecule is c1cc(-c2ccc3c(c2)Oc2cccc4c2B3Oc2ccc(-c3cccc(-n5c6ccccc6c6ccccc65)c3)cc2-4)cc(-n2c3ccccc3c3ccccc32)c1. The van der Waals surface area contributed by atoms with Crippen LogP contribution in [0.4, 0.5) is 0 Å². The molecule has 0 amide bonds. The molecule has 5 heteroatoms. The fourth-order valence-corrected chi connectivity index (χ4v) is 9.75. The van der Waals surface area contributed by atoms with Crippen molar-refractivity contribution in [2.24, 2.45) is 0 Å². The third kappa shape index (κ3) is 4.79. The second kappa shape index (κ2) is 12.4. The van der Waals surface area contributed by atoms with E-state index in [1.807, 2.05) is 0 Å². The number of aromatic nitrogens is 2. The van der Waals surface area contributed by atoms with Gasteiger partial charge < -0.3 is 18.5 Å². The summed E-state index contributed by atoms with van der Waals surface area (Å²) in [6, 6.07) is 71.7. The molecule has 13 rings (SSSR count). The summed E-state index contributed by atoms with van der Waals surface area (Å²) in [5, 5.41) is 5.02. The first-order chi connectivity index (χ1) is 29.2. The quantitative estimate of drug-likeness (QED) is 0.168. The molecule has 0 radical (unpaired) electrons. The number of hydrogen-bond acceptors (Lipinski definition) is 2. The highest BCUT2D eigenvalue weighted by Gasteiger charge is 2.40. The van der Waals surface area contributed by atoms with Crippen LogP contribution in [0.3, 0.4) is 0 Å². The molecule has 2 aromatic heterocycles. The van der Waals surface area contributed by atoms with Crippen molar-refractivity contribution in [3.8, 4) is 62.0 Å². The van der Waals surface area contributed by atoms with Gasteiger partial charge in [0.15, 0.2) is 0 Å². The van der Waals surface area contributed by atoms with Gasteiger partial charge in [-0.25, -0.2) is 0 Å². The highest BCUT2D eigenvalue weighted by molar-refractivity contribution is 6.84. The molecule has 0 unspecified atom stereocenters. The predicted molar refractivity (Wildman–Crippen MR) is 244 cm³/mol. The molecular weight excluding hydrogens is 719 g/mol. The summed E-state index contributed by atoms with van der Waals surface area (Å²) in [5.74, 6) is 2.53. The highest BCUT2D eigenvalue weighted by atomic mass is 16.5. The lowest BCUT2D eigenvalue weighted by molar-refractivity contribution is 0.479.